The van der Waals surface area contributed by atoms with Crippen LogP contribution in [0.15, 0.2) is 53.1 Å². The van der Waals surface area contributed by atoms with Gasteiger partial charge in [-0.25, -0.2) is 4.98 Å². The van der Waals surface area contributed by atoms with E-state index in [1.807, 2.05) is 42.5 Å². The third kappa shape index (κ3) is 4.94. The number of thiazole rings is 1. The highest BCUT2D eigenvalue weighted by Crippen LogP contribution is 2.34. The number of hydrogen-bond acceptors (Lipinski definition) is 5. The van der Waals surface area contributed by atoms with Crippen molar-refractivity contribution in [3.63, 3.8) is 0 Å². The monoisotopic (exact) mass is 439 g/mol. The lowest BCUT2D eigenvalue weighted by Crippen LogP contribution is -2.40. The molecule has 1 saturated carbocycles. The summed E-state index contributed by atoms with van der Waals surface area (Å²) < 4.78 is 5.47. The largest absolute Gasteiger partial charge is 0.462 e. The van der Waals surface area contributed by atoms with Gasteiger partial charge < -0.3 is 15.5 Å². The maximum Gasteiger partial charge on any atom is 0.263 e. The lowest BCUT2D eigenvalue weighted by Gasteiger charge is -2.26. The number of carbonyl (C=O) groups excluding carboxylic acids is 1. The molecule has 28 heavy (non-hydrogen) atoms. The minimum atomic E-state index is -0.0698. The Bertz CT molecular complexity index is 876. The van der Waals surface area contributed by atoms with E-state index in [2.05, 4.69) is 5.32 Å². The Labute approximate surface area is 180 Å². The zero-order valence-corrected chi connectivity index (χ0v) is 17.6. The molecular weight excluding hydrogens is 417 g/mol. The van der Waals surface area contributed by atoms with Crippen LogP contribution in [0.4, 0.5) is 0 Å². The zero-order chi connectivity index (χ0) is 17.9. The molecule has 2 aromatic heterocycles. The summed E-state index contributed by atoms with van der Waals surface area (Å²) in [5.74, 6) is 0.606. The summed E-state index contributed by atoms with van der Waals surface area (Å²) in [5.41, 5.74) is 7.59. The minimum Gasteiger partial charge on any atom is -0.462 e. The highest BCUT2D eigenvalue weighted by atomic mass is 35.5. The molecule has 0 bridgehead atoms. The number of amides is 1. The van der Waals surface area contributed by atoms with Gasteiger partial charge in [-0.3, -0.25) is 4.79 Å². The van der Waals surface area contributed by atoms with Crippen molar-refractivity contribution in [3.05, 3.63) is 53.6 Å². The first-order chi connectivity index (χ1) is 12.7. The predicted octanol–water partition coefficient (Wildman–Crippen LogP) is 4.91. The van der Waals surface area contributed by atoms with E-state index < -0.39 is 0 Å². The first kappa shape index (κ1) is 22.4. The van der Waals surface area contributed by atoms with Crippen LogP contribution in [0, 0.1) is 0 Å². The number of nitrogens with two attached hydrogens (primary N) is 1. The van der Waals surface area contributed by atoms with Gasteiger partial charge in [0.1, 0.15) is 4.88 Å². The molecule has 1 fully saturated rings. The molecule has 8 heteroatoms. The highest BCUT2D eigenvalue weighted by molar-refractivity contribution is 7.17. The zero-order valence-electron chi connectivity index (χ0n) is 15.2. The van der Waals surface area contributed by atoms with Crippen LogP contribution in [0.25, 0.3) is 22.0 Å². The van der Waals surface area contributed by atoms with Crippen LogP contribution >= 0.6 is 36.2 Å². The molecule has 0 saturated heterocycles. The van der Waals surface area contributed by atoms with Gasteiger partial charge in [0.05, 0.1) is 12.0 Å². The fourth-order valence-electron chi connectivity index (χ4n) is 3.29. The van der Waals surface area contributed by atoms with Gasteiger partial charge in [-0.1, -0.05) is 30.3 Å². The van der Waals surface area contributed by atoms with Gasteiger partial charge in [-0.05, 0) is 37.8 Å². The number of aromatic nitrogens is 1. The molecule has 3 aromatic rings. The number of nitrogens with zero attached hydrogens (tertiary/aromatic N) is 1. The molecule has 0 spiro atoms. The summed E-state index contributed by atoms with van der Waals surface area (Å²) in [7, 11) is 0. The van der Waals surface area contributed by atoms with E-state index in [4.69, 9.17) is 15.1 Å². The number of hydrogen-bond donors (Lipinski definition) is 2. The topological polar surface area (TPSA) is 81.1 Å². The van der Waals surface area contributed by atoms with Crippen molar-refractivity contribution in [3.8, 4) is 22.0 Å². The van der Waals surface area contributed by atoms with Crippen LogP contribution in [0.5, 0.6) is 0 Å². The first-order valence-electron chi connectivity index (χ1n) is 8.87. The summed E-state index contributed by atoms with van der Waals surface area (Å²) in [6, 6.07) is 13.9. The molecule has 1 aromatic carbocycles. The molecule has 0 radical (unpaired) electrons. The van der Waals surface area contributed by atoms with Gasteiger partial charge in [0.2, 0.25) is 0 Å². The Hall–Kier alpha value is -1.86. The Kier molecular flexibility index (Phi) is 8.07. The minimum absolute atomic E-state index is 0. The Morgan fingerprint density at radius 3 is 2.43 bits per heavy atom. The Morgan fingerprint density at radius 2 is 1.79 bits per heavy atom. The van der Waals surface area contributed by atoms with Gasteiger partial charge in [0.25, 0.3) is 5.91 Å². The number of halogens is 2. The Balaban J connectivity index is 0.00000140. The fourth-order valence-corrected chi connectivity index (χ4v) is 4.24. The van der Waals surface area contributed by atoms with Crippen LogP contribution in [0.1, 0.15) is 35.4 Å². The first-order valence-corrected chi connectivity index (χ1v) is 9.69. The van der Waals surface area contributed by atoms with E-state index in [0.717, 1.165) is 31.2 Å². The average Bonchev–Trinajstić information content (AvgIpc) is 3.34. The second-order valence-corrected chi connectivity index (χ2v) is 7.62. The van der Waals surface area contributed by atoms with E-state index in [1.165, 1.54) is 11.3 Å². The van der Waals surface area contributed by atoms with Gasteiger partial charge in [0, 0.05) is 17.6 Å². The van der Waals surface area contributed by atoms with Crippen LogP contribution in [0.3, 0.4) is 0 Å². The van der Waals surface area contributed by atoms with Crippen molar-refractivity contribution in [1.82, 2.24) is 10.3 Å². The lowest BCUT2D eigenvalue weighted by atomic mass is 9.92. The predicted molar refractivity (Wildman–Crippen MR) is 117 cm³/mol. The van der Waals surface area contributed by atoms with Crippen molar-refractivity contribution < 1.29 is 9.21 Å². The van der Waals surface area contributed by atoms with Gasteiger partial charge in [0.15, 0.2) is 10.8 Å². The second kappa shape index (κ2) is 10.1. The van der Waals surface area contributed by atoms with E-state index in [0.29, 0.717) is 21.3 Å². The molecule has 0 aliphatic heterocycles. The Morgan fingerprint density at radius 1 is 1.07 bits per heavy atom. The van der Waals surface area contributed by atoms with Crippen molar-refractivity contribution in [2.45, 2.75) is 37.8 Å². The van der Waals surface area contributed by atoms with E-state index in [9.17, 15) is 4.79 Å². The average molecular weight is 440 g/mol. The summed E-state index contributed by atoms with van der Waals surface area (Å²) in [6.07, 6.45) is 5.38. The standard InChI is InChI=1S/C20H21N3O2S.2ClH/c21-14-8-10-15(11-9-14)22-19(24)18-17(13-5-2-1-3-6-13)23-20(26-18)16-7-4-12-25-16;;/h1-7,12,14-15H,8-11,21H2,(H,22,24);2*1H. The summed E-state index contributed by atoms with van der Waals surface area (Å²) in [6.45, 7) is 0. The van der Waals surface area contributed by atoms with Gasteiger partial charge in [-0.15, -0.1) is 36.2 Å². The molecule has 150 valence electrons. The number of rotatable bonds is 4. The van der Waals surface area contributed by atoms with Crippen molar-refractivity contribution in [2.75, 3.05) is 0 Å². The third-order valence-electron chi connectivity index (χ3n) is 4.72. The molecule has 1 aliphatic carbocycles. The molecular formula is C20H23Cl2N3O2S. The maximum atomic E-state index is 13.0. The number of benzene rings is 1. The molecule has 0 unspecified atom stereocenters. The molecule has 3 N–H and O–H groups in total. The van der Waals surface area contributed by atoms with Crippen molar-refractivity contribution in [1.29, 1.82) is 0 Å². The molecule has 2 heterocycles. The van der Waals surface area contributed by atoms with Gasteiger partial charge in [-0.2, -0.15) is 0 Å². The summed E-state index contributed by atoms with van der Waals surface area (Å²) in [4.78, 5) is 18.3. The van der Waals surface area contributed by atoms with Crippen LogP contribution in [0.2, 0.25) is 0 Å². The third-order valence-corrected chi connectivity index (χ3v) is 5.79. The summed E-state index contributed by atoms with van der Waals surface area (Å²) in [5, 5.41) is 3.88. The van der Waals surface area contributed by atoms with Crippen LogP contribution in [-0.2, 0) is 0 Å². The maximum absolute atomic E-state index is 13.0. The molecule has 1 aliphatic rings. The molecule has 5 nitrogen and oxygen atoms in total. The van der Waals surface area contributed by atoms with Gasteiger partial charge >= 0.3 is 0 Å². The van der Waals surface area contributed by atoms with Crippen molar-refractivity contribution in [2.24, 2.45) is 5.73 Å². The van der Waals surface area contributed by atoms with Crippen LogP contribution < -0.4 is 11.1 Å². The SMILES string of the molecule is Cl.Cl.NC1CCC(NC(=O)c2sc(-c3ccco3)nc2-c2ccccc2)CC1. The molecule has 4 rings (SSSR count). The van der Waals surface area contributed by atoms with E-state index in [-0.39, 0.29) is 42.8 Å². The highest BCUT2D eigenvalue weighted by Gasteiger charge is 2.25. The number of carbonyl (C=O) groups is 1. The molecule has 0 atom stereocenters. The number of furan rings is 1. The fraction of sp³-hybridized carbons (Fsp3) is 0.300. The second-order valence-electron chi connectivity index (χ2n) is 6.63. The normalized spacial score (nSPS) is 18.6. The van der Waals surface area contributed by atoms with E-state index in [1.54, 1.807) is 6.26 Å². The van der Waals surface area contributed by atoms with Crippen molar-refractivity contribution >= 4 is 42.1 Å². The molecule has 1 amide bonds. The van der Waals surface area contributed by atoms with Crippen LogP contribution in [-0.4, -0.2) is 23.0 Å². The quantitative estimate of drug-likeness (QED) is 0.604. The lowest BCUT2D eigenvalue weighted by molar-refractivity contribution is 0.0930. The number of nitrogens with one attached hydrogen (secondary N) is 1. The van der Waals surface area contributed by atoms with E-state index >= 15 is 0 Å². The summed E-state index contributed by atoms with van der Waals surface area (Å²) >= 11 is 1.37. The smallest absolute Gasteiger partial charge is 0.263 e.